The first-order valence-electron chi connectivity index (χ1n) is 6.38. The maximum Gasteiger partial charge on any atom is 0.240 e. The highest BCUT2D eigenvalue weighted by Gasteiger charge is 2.36. The summed E-state index contributed by atoms with van der Waals surface area (Å²) in [6.07, 6.45) is 1.37. The van der Waals surface area contributed by atoms with Crippen LogP contribution in [0.3, 0.4) is 0 Å². The van der Waals surface area contributed by atoms with Gasteiger partial charge in [0.05, 0.1) is 19.0 Å². The van der Waals surface area contributed by atoms with Crippen LogP contribution < -0.4 is 5.32 Å². The molecule has 106 valence electrons. The molecule has 0 aromatic heterocycles. The average molecular weight is 278 g/mol. The van der Waals surface area contributed by atoms with Gasteiger partial charge in [0.1, 0.15) is 6.04 Å². The molecule has 1 aliphatic heterocycles. The van der Waals surface area contributed by atoms with Crippen molar-refractivity contribution in [2.75, 3.05) is 32.1 Å². The number of hydrogen-bond acceptors (Lipinski definition) is 4. The van der Waals surface area contributed by atoms with Gasteiger partial charge in [-0.25, -0.2) is 8.42 Å². The lowest BCUT2D eigenvalue weighted by Crippen LogP contribution is -2.56. The Balaban J connectivity index is 2.76. The molecule has 0 spiro atoms. The minimum absolute atomic E-state index is 0.0740. The first kappa shape index (κ1) is 15.4. The minimum Gasteiger partial charge on any atom is -0.378 e. The number of hydrogen-bond donors (Lipinski definition) is 1. The maximum absolute atomic E-state index is 12.1. The highest BCUT2D eigenvalue weighted by atomic mass is 32.2. The third-order valence-corrected chi connectivity index (χ3v) is 4.83. The van der Waals surface area contributed by atoms with Gasteiger partial charge < -0.3 is 10.1 Å². The van der Waals surface area contributed by atoms with Gasteiger partial charge in [-0.1, -0.05) is 13.8 Å². The second-order valence-electron chi connectivity index (χ2n) is 4.31. The summed E-state index contributed by atoms with van der Waals surface area (Å²) < 4.78 is 30.6. The molecule has 1 unspecified atom stereocenters. The standard InChI is InChI=1S/C11H22N2O4S/c1-3-5-12-11(14)10-9-17-7-6-13(10)18(15,16)8-4-2/h10H,3-9H2,1-2H3,(H,12,14). The lowest BCUT2D eigenvalue weighted by atomic mass is 10.2. The number of carbonyl (C=O) groups is 1. The van der Waals surface area contributed by atoms with Gasteiger partial charge in [-0.15, -0.1) is 0 Å². The molecule has 18 heavy (non-hydrogen) atoms. The maximum atomic E-state index is 12.1. The van der Waals surface area contributed by atoms with Crippen molar-refractivity contribution in [2.24, 2.45) is 0 Å². The van der Waals surface area contributed by atoms with Gasteiger partial charge in [-0.05, 0) is 12.8 Å². The van der Waals surface area contributed by atoms with E-state index in [1.807, 2.05) is 13.8 Å². The molecule has 0 bridgehead atoms. The van der Waals surface area contributed by atoms with E-state index in [0.717, 1.165) is 6.42 Å². The summed E-state index contributed by atoms with van der Waals surface area (Å²) in [7, 11) is -3.36. The number of amides is 1. The lowest BCUT2D eigenvalue weighted by molar-refractivity contribution is -0.129. The van der Waals surface area contributed by atoms with Crippen molar-refractivity contribution < 1.29 is 17.9 Å². The van der Waals surface area contributed by atoms with Crippen LogP contribution in [0, 0.1) is 0 Å². The normalized spacial score (nSPS) is 21.8. The van der Waals surface area contributed by atoms with E-state index in [2.05, 4.69) is 5.32 Å². The first-order valence-corrected chi connectivity index (χ1v) is 7.98. The SMILES string of the molecule is CCCNC(=O)C1COCCN1S(=O)(=O)CCC. The summed E-state index contributed by atoms with van der Waals surface area (Å²) in [5.74, 6) is -0.193. The van der Waals surface area contributed by atoms with E-state index in [-0.39, 0.29) is 24.8 Å². The topological polar surface area (TPSA) is 75.7 Å². The van der Waals surface area contributed by atoms with E-state index in [1.165, 1.54) is 4.31 Å². The van der Waals surface area contributed by atoms with Gasteiger partial charge in [-0.3, -0.25) is 4.79 Å². The van der Waals surface area contributed by atoms with Crippen molar-refractivity contribution in [3.05, 3.63) is 0 Å². The number of ether oxygens (including phenoxy) is 1. The van der Waals surface area contributed by atoms with Crippen molar-refractivity contribution in [3.63, 3.8) is 0 Å². The largest absolute Gasteiger partial charge is 0.378 e. The van der Waals surface area contributed by atoms with Crippen LogP contribution in [0.5, 0.6) is 0 Å². The zero-order valence-corrected chi connectivity index (χ0v) is 11.8. The molecular weight excluding hydrogens is 256 g/mol. The molecule has 1 amide bonds. The van der Waals surface area contributed by atoms with Crippen molar-refractivity contribution in [1.82, 2.24) is 9.62 Å². The van der Waals surface area contributed by atoms with Gasteiger partial charge in [0.15, 0.2) is 0 Å². The Morgan fingerprint density at radius 2 is 2.11 bits per heavy atom. The van der Waals surface area contributed by atoms with Crippen LogP contribution in [0.25, 0.3) is 0 Å². The lowest BCUT2D eigenvalue weighted by Gasteiger charge is -2.33. The molecule has 1 saturated heterocycles. The fraction of sp³-hybridized carbons (Fsp3) is 0.909. The summed E-state index contributed by atoms with van der Waals surface area (Å²) >= 11 is 0. The molecule has 1 N–H and O–H groups in total. The van der Waals surface area contributed by atoms with Crippen molar-refractivity contribution >= 4 is 15.9 Å². The van der Waals surface area contributed by atoms with E-state index >= 15 is 0 Å². The Kier molecular flexibility index (Phi) is 6.04. The molecule has 0 aromatic carbocycles. The van der Waals surface area contributed by atoms with E-state index < -0.39 is 16.1 Å². The molecule has 1 fully saturated rings. The van der Waals surface area contributed by atoms with Crippen molar-refractivity contribution in [1.29, 1.82) is 0 Å². The molecule has 7 heteroatoms. The Bertz CT molecular complexity index is 369. The Labute approximate surface area is 109 Å². The van der Waals surface area contributed by atoms with Gasteiger partial charge in [0.25, 0.3) is 0 Å². The first-order chi connectivity index (χ1) is 8.53. The fourth-order valence-corrected chi connectivity index (χ4v) is 3.52. The van der Waals surface area contributed by atoms with Crippen LogP contribution in [0.2, 0.25) is 0 Å². The van der Waals surface area contributed by atoms with Crippen molar-refractivity contribution in [2.45, 2.75) is 32.7 Å². The predicted molar refractivity (Wildman–Crippen MR) is 68.7 cm³/mol. The molecule has 1 rings (SSSR count). The predicted octanol–water partition coefficient (Wildman–Crippen LogP) is -0.0468. The third kappa shape index (κ3) is 3.93. The molecule has 0 saturated carbocycles. The number of nitrogens with zero attached hydrogens (tertiary/aromatic N) is 1. The highest BCUT2D eigenvalue weighted by Crippen LogP contribution is 2.14. The van der Waals surface area contributed by atoms with E-state index in [1.54, 1.807) is 0 Å². The van der Waals surface area contributed by atoms with Gasteiger partial charge in [0, 0.05) is 13.1 Å². The smallest absolute Gasteiger partial charge is 0.240 e. The van der Waals surface area contributed by atoms with Gasteiger partial charge in [-0.2, -0.15) is 4.31 Å². The summed E-state index contributed by atoms with van der Waals surface area (Å²) in [6, 6.07) is -0.721. The van der Waals surface area contributed by atoms with E-state index in [0.29, 0.717) is 19.6 Å². The van der Waals surface area contributed by atoms with Crippen LogP contribution in [0.4, 0.5) is 0 Å². The molecule has 6 nitrogen and oxygen atoms in total. The Morgan fingerprint density at radius 1 is 1.39 bits per heavy atom. The molecule has 1 aliphatic rings. The number of nitrogens with one attached hydrogen (secondary N) is 1. The quantitative estimate of drug-likeness (QED) is 0.739. The highest BCUT2D eigenvalue weighted by molar-refractivity contribution is 7.89. The van der Waals surface area contributed by atoms with Crippen LogP contribution in [0.1, 0.15) is 26.7 Å². The second-order valence-corrected chi connectivity index (χ2v) is 6.35. The average Bonchev–Trinajstić information content (AvgIpc) is 2.36. The van der Waals surface area contributed by atoms with Gasteiger partial charge >= 0.3 is 0 Å². The van der Waals surface area contributed by atoms with Gasteiger partial charge in [0.2, 0.25) is 15.9 Å². The molecular formula is C11H22N2O4S. The summed E-state index contributed by atoms with van der Waals surface area (Å²) in [6.45, 7) is 5.05. The molecule has 0 aliphatic carbocycles. The summed E-state index contributed by atoms with van der Waals surface area (Å²) in [4.78, 5) is 11.9. The van der Waals surface area contributed by atoms with Crippen LogP contribution in [0.15, 0.2) is 0 Å². The van der Waals surface area contributed by atoms with Crippen LogP contribution in [-0.2, 0) is 19.6 Å². The second kappa shape index (κ2) is 7.06. The number of morpholine rings is 1. The fourth-order valence-electron chi connectivity index (χ4n) is 1.87. The zero-order chi connectivity index (χ0) is 13.6. The van der Waals surface area contributed by atoms with Crippen LogP contribution in [-0.4, -0.2) is 56.7 Å². The van der Waals surface area contributed by atoms with E-state index in [9.17, 15) is 13.2 Å². The Morgan fingerprint density at radius 3 is 2.72 bits per heavy atom. The van der Waals surface area contributed by atoms with Crippen LogP contribution >= 0.6 is 0 Å². The monoisotopic (exact) mass is 278 g/mol. The molecule has 0 radical (unpaired) electrons. The number of sulfonamides is 1. The molecule has 1 heterocycles. The summed E-state index contributed by atoms with van der Waals surface area (Å²) in [5, 5.41) is 2.72. The summed E-state index contributed by atoms with van der Waals surface area (Å²) in [5.41, 5.74) is 0. The zero-order valence-electron chi connectivity index (χ0n) is 11.0. The number of rotatable bonds is 6. The number of carbonyl (C=O) groups excluding carboxylic acids is 1. The molecule has 0 aromatic rings. The Hall–Kier alpha value is -0.660. The minimum atomic E-state index is -3.36. The third-order valence-electron chi connectivity index (χ3n) is 2.75. The van der Waals surface area contributed by atoms with Crippen molar-refractivity contribution in [3.8, 4) is 0 Å². The molecule has 1 atom stereocenters. The van der Waals surface area contributed by atoms with E-state index in [4.69, 9.17) is 4.74 Å².